The summed E-state index contributed by atoms with van der Waals surface area (Å²) in [6.45, 7) is 2.13. The number of thiazole rings is 1. The number of likely N-dealkylation sites (tertiary alicyclic amines) is 1. The molecule has 4 nitrogen and oxygen atoms in total. The van der Waals surface area contributed by atoms with Crippen molar-refractivity contribution in [3.63, 3.8) is 0 Å². The van der Waals surface area contributed by atoms with Gasteiger partial charge >= 0.3 is 0 Å². The maximum atomic E-state index is 4.90. The van der Waals surface area contributed by atoms with E-state index < -0.39 is 0 Å². The third-order valence-corrected chi connectivity index (χ3v) is 5.24. The first-order chi connectivity index (χ1) is 9.90. The molecule has 1 atom stereocenters. The Hall–Kier alpha value is -1.20. The molecule has 1 N–H and O–H groups in total. The smallest absolute Gasteiger partial charge is 0.124 e. The molecular formula is C15H20N4S. The highest BCUT2D eigenvalue weighted by molar-refractivity contribution is 7.09. The lowest BCUT2D eigenvalue weighted by molar-refractivity contribution is 0.240. The highest BCUT2D eigenvalue weighted by Crippen LogP contribution is 2.33. The van der Waals surface area contributed by atoms with E-state index in [-0.39, 0.29) is 0 Å². The molecule has 0 radical (unpaired) electrons. The second-order valence-electron chi connectivity index (χ2n) is 5.81. The lowest BCUT2D eigenvalue weighted by Crippen LogP contribution is -2.23. The molecule has 0 amide bonds. The normalized spacial score (nSPS) is 23.1. The molecule has 2 aliphatic rings. The Morgan fingerprint density at radius 3 is 3.10 bits per heavy atom. The van der Waals surface area contributed by atoms with Gasteiger partial charge in [-0.1, -0.05) is 0 Å². The van der Waals surface area contributed by atoms with E-state index in [0.717, 1.165) is 19.5 Å². The van der Waals surface area contributed by atoms with Gasteiger partial charge in [-0.15, -0.1) is 11.3 Å². The van der Waals surface area contributed by atoms with Crippen molar-refractivity contribution >= 4 is 11.3 Å². The molecule has 1 aliphatic heterocycles. The van der Waals surface area contributed by atoms with Gasteiger partial charge < -0.3 is 4.98 Å². The predicted octanol–water partition coefficient (Wildman–Crippen LogP) is 3.08. The summed E-state index contributed by atoms with van der Waals surface area (Å²) in [6, 6.07) is 0.462. The summed E-state index contributed by atoms with van der Waals surface area (Å²) in [4.78, 5) is 15.5. The van der Waals surface area contributed by atoms with E-state index >= 15 is 0 Å². The van der Waals surface area contributed by atoms with Crippen LogP contribution in [0.1, 0.15) is 53.9 Å². The van der Waals surface area contributed by atoms with Gasteiger partial charge in [-0.3, -0.25) is 4.90 Å². The zero-order chi connectivity index (χ0) is 13.4. The Balaban J connectivity index is 1.55. The molecule has 0 spiro atoms. The van der Waals surface area contributed by atoms with Crippen molar-refractivity contribution in [3.8, 4) is 0 Å². The van der Waals surface area contributed by atoms with Crippen molar-refractivity contribution in [3.05, 3.63) is 33.8 Å². The average Bonchev–Trinajstić information content (AvgIpc) is 3.18. The fourth-order valence-corrected chi connectivity index (χ4v) is 4.10. The van der Waals surface area contributed by atoms with Crippen LogP contribution < -0.4 is 0 Å². The number of H-pyrrole nitrogens is 1. The van der Waals surface area contributed by atoms with Gasteiger partial charge in [-0.25, -0.2) is 9.97 Å². The van der Waals surface area contributed by atoms with E-state index in [4.69, 9.17) is 4.98 Å². The molecule has 1 fully saturated rings. The fraction of sp³-hybridized carbons (Fsp3) is 0.600. The summed E-state index contributed by atoms with van der Waals surface area (Å²) < 4.78 is 0. The van der Waals surface area contributed by atoms with Crippen LogP contribution in [-0.4, -0.2) is 26.4 Å². The summed E-state index contributed by atoms with van der Waals surface area (Å²) in [5.41, 5.74) is 2.72. The van der Waals surface area contributed by atoms with Gasteiger partial charge in [0.2, 0.25) is 0 Å². The molecule has 1 saturated heterocycles. The first-order valence-corrected chi connectivity index (χ1v) is 8.48. The highest BCUT2D eigenvalue weighted by atomic mass is 32.1. The average molecular weight is 288 g/mol. The van der Waals surface area contributed by atoms with E-state index in [1.165, 1.54) is 54.3 Å². The van der Waals surface area contributed by atoms with E-state index in [9.17, 15) is 0 Å². The van der Waals surface area contributed by atoms with E-state index in [1.54, 1.807) is 11.3 Å². The Kier molecular flexibility index (Phi) is 3.32. The molecule has 0 aromatic carbocycles. The van der Waals surface area contributed by atoms with Gasteiger partial charge in [-0.05, 0) is 45.1 Å². The minimum Gasteiger partial charge on any atom is -0.344 e. The standard InChI is InChI=1S/C15H20N4S/c1-2-5-12-11(4-1)17-15(18-12)13-6-3-8-19(13)10-14-16-7-9-20-14/h7,9,13H,1-6,8,10H2,(H,17,18)/t13-/m1/s1. The topological polar surface area (TPSA) is 44.8 Å². The van der Waals surface area contributed by atoms with Crippen LogP contribution in [0.25, 0.3) is 0 Å². The summed E-state index contributed by atoms with van der Waals surface area (Å²) in [6.07, 6.45) is 9.33. The van der Waals surface area contributed by atoms with Crippen LogP contribution in [0, 0.1) is 0 Å². The van der Waals surface area contributed by atoms with Crippen LogP contribution >= 0.6 is 11.3 Å². The number of aryl methyl sites for hydroxylation is 2. The van der Waals surface area contributed by atoms with Crippen molar-refractivity contribution in [2.45, 2.75) is 51.1 Å². The zero-order valence-corrected chi connectivity index (χ0v) is 12.5. The van der Waals surface area contributed by atoms with Gasteiger partial charge in [0.05, 0.1) is 18.3 Å². The highest BCUT2D eigenvalue weighted by Gasteiger charge is 2.30. The van der Waals surface area contributed by atoms with Crippen LogP contribution in [-0.2, 0) is 19.4 Å². The zero-order valence-electron chi connectivity index (χ0n) is 11.6. The molecule has 0 bridgehead atoms. The number of hydrogen-bond acceptors (Lipinski definition) is 4. The summed E-state index contributed by atoms with van der Waals surface area (Å²) >= 11 is 1.75. The van der Waals surface area contributed by atoms with Crippen LogP contribution in [0.3, 0.4) is 0 Å². The van der Waals surface area contributed by atoms with Crippen molar-refractivity contribution in [1.29, 1.82) is 0 Å². The third-order valence-electron chi connectivity index (χ3n) is 4.47. The van der Waals surface area contributed by atoms with Gasteiger partial charge in [0, 0.05) is 17.3 Å². The van der Waals surface area contributed by atoms with Crippen molar-refractivity contribution in [2.75, 3.05) is 6.54 Å². The van der Waals surface area contributed by atoms with Crippen LogP contribution in [0.15, 0.2) is 11.6 Å². The second-order valence-corrected chi connectivity index (χ2v) is 6.79. The minimum absolute atomic E-state index is 0.462. The van der Waals surface area contributed by atoms with E-state index in [0.29, 0.717) is 6.04 Å². The van der Waals surface area contributed by atoms with Gasteiger partial charge in [-0.2, -0.15) is 0 Å². The third kappa shape index (κ3) is 2.29. The van der Waals surface area contributed by atoms with Gasteiger partial charge in [0.25, 0.3) is 0 Å². The van der Waals surface area contributed by atoms with Crippen LogP contribution in [0.5, 0.6) is 0 Å². The number of hydrogen-bond donors (Lipinski definition) is 1. The number of aromatic nitrogens is 3. The maximum Gasteiger partial charge on any atom is 0.124 e. The molecule has 1 aliphatic carbocycles. The van der Waals surface area contributed by atoms with E-state index in [2.05, 4.69) is 20.2 Å². The number of imidazole rings is 1. The van der Waals surface area contributed by atoms with Gasteiger partial charge in [0.1, 0.15) is 10.8 Å². The molecular weight excluding hydrogens is 268 g/mol. The maximum absolute atomic E-state index is 4.90. The molecule has 0 saturated carbocycles. The quantitative estimate of drug-likeness (QED) is 0.944. The Morgan fingerprint density at radius 1 is 1.30 bits per heavy atom. The number of nitrogens with one attached hydrogen (secondary N) is 1. The van der Waals surface area contributed by atoms with Crippen molar-refractivity contribution in [2.24, 2.45) is 0 Å². The minimum atomic E-state index is 0.462. The molecule has 20 heavy (non-hydrogen) atoms. The molecule has 2 aromatic heterocycles. The first kappa shape index (κ1) is 12.5. The molecule has 0 unspecified atom stereocenters. The first-order valence-electron chi connectivity index (χ1n) is 7.60. The van der Waals surface area contributed by atoms with Crippen molar-refractivity contribution in [1.82, 2.24) is 19.9 Å². The van der Waals surface area contributed by atoms with Crippen LogP contribution in [0.4, 0.5) is 0 Å². The Morgan fingerprint density at radius 2 is 2.25 bits per heavy atom. The number of fused-ring (bicyclic) bond motifs is 1. The Bertz CT molecular complexity index is 551. The molecule has 106 valence electrons. The SMILES string of the molecule is c1csc(CN2CCC[C@@H]2c2nc3c([nH]2)CCCC3)n1. The van der Waals surface area contributed by atoms with E-state index in [1.807, 2.05) is 6.20 Å². The van der Waals surface area contributed by atoms with Crippen molar-refractivity contribution < 1.29 is 0 Å². The monoisotopic (exact) mass is 288 g/mol. The largest absolute Gasteiger partial charge is 0.344 e. The second kappa shape index (κ2) is 5.30. The number of rotatable bonds is 3. The summed E-state index contributed by atoms with van der Waals surface area (Å²) in [5.74, 6) is 1.20. The predicted molar refractivity (Wildman–Crippen MR) is 79.7 cm³/mol. The molecule has 5 heteroatoms. The summed E-state index contributed by atoms with van der Waals surface area (Å²) in [5, 5.41) is 3.28. The molecule has 4 rings (SSSR count). The number of aromatic amines is 1. The lowest BCUT2D eigenvalue weighted by Gasteiger charge is -2.21. The number of nitrogens with zero attached hydrogens (tertiary/aromatic N) is 3. The van der Waals surface area contributed by atoms with Gasteiger partial charge in [0.15, 0.2) is 0 Å². The Labute approximate surface area is 123 Å². The summed E-state index contributed by atoms with van der Waals surface area (Å²) in [7, 11) is 0. The molecule has 3 heterocycles. The molecule has 2 aromatic rings. The lowest BCUT2D eigenvalue weighted by atomic mass is 10.0. The fourth-order valence-electron chi connectivity index (χ4n) is 3.46. The van der Waals surface area contributed by atoms with Crippen LogP contribution in [0.2, 0.25) is 0 Å².